The summed E-state index contributed by atoms with van der Waals surface area (Å²) in [4.78, 5) is 11.4. The van der Waals surface area contributed by atoms with E-state index in [-0.39, 0.29) is 6.10 Å². The van der Waals surface area contributed by atoms with Crippen molar-refractivity contribution in [2.24, 2.45) is 0 Å². The largest absolute Gasteiger partial charge is 0.374 e. The highest BCUT2D eigenvalue weighted by molar-refractivity contribution is 5.89. The van der Waals surface area contributed by atoms with Crippen molar-refractivity contribution in [3.05, 3.63) is 29.8 Å². The maximum atomic E-state index is 12.7. The van der Waals surface area contributed by atoms with Gasteiger partial charge < -0.3 is 15.4 Å². The zero-order valence-corrected chi connectivity index (χ0v) is 12.2. The number of amides is 2. The van der Waals surface area contributed by atoms with Crippen molar-refractivity contribution in [3.8, 4) is 0 Å². The summed E-state index contributed by atoms with van der Waals surface area (Å²) < 4.78 is 54.7. The number of anilines is 1. The van der Waals surface area contributed by atoms with E-state index in [2.05, 4.69) is 5.32 Å². The zero-order valence-electron chi connectivity index (χ0n) is 12.2. The number of carbonyl (C=O) groups is 1. The van der Waals surface area contributed by atoms with Gasteiger partial charge in [-0.3, -0.25) is 0 Å². The quantitative estimate of drug-likeness (QED) is 0.753. The van der Waals surface area contributed by atoms with Gasteiger partial charge in [-0.05, 0) is 31.5 Å². The fraction of sp³-hybridized carbons (Fsp3) is 0.500. The second-order valence-electron chi connectivity index (χ2n) is 4.93. The third-order valence-corrected chi connectivity index (χ3v) is 2.57. The van der Waals surface area contributed by atoms with Gasteiger partial charge in [0.1, 0.15) is 0 Å². The molecule has 0 heterocycles. The average molecular weight is 322 g/mol. The molecule has 0 atom stereocenters. The van der Waals surface area contributed by atoms with Crippen LogP contribution in [0.15, 0.2) is 24.3 Å². The Labute approximate surface area is 125 Å². The average Bonchev–Trinajstić information content (AvgIpc) is 2.43. The topological polar surface area (TPSA) is 50.4 Å². The van der Waals surface area contributed by atoms with Crippen LogP contribution in [0, 0.1) is 0 Å². The number of nitrogens with one attached hydrogen (secondary N) is 2. The number of halogens is 4. The predicted octanol–water partition coefficient (Wildman–Crippen LogP) is 3.63. The minimum absolute atomic E-state index is 0.0384. The summed E-state index contributed by atoms with van der Waals surface area (Å²) in [5.41, 5.74) is 1.13. The summed E-state index contributed by atoms with van der Waals surface area (Å²) in [6.45, 7) is 2.64. The standard InChI is InChI=1S/C14H18F4N2O2/c1-9(2)22-7-10-4-3-5-11(6-10)20-13(21)19-8-14(17,18)12(15)16/h3-6,9,12H,7-8H2,1-2H3,(H2,19,20,21). The van der Waals surface area contributed by atoms with Crippen LogP contribution in [-0.4, -0.2) is 31.0 Å². The molecule has 0 aliphatic carbocycles. The van der Waals surface area contributed by atoms with Crippen molar-refractivity contribution in [1.82, 2.24) is 5.32 Å². The normalized spacial score (nSPS) is 11.8. The van der Waals surface area contributed by atoms with Crippen molar-refractivity contribution < 1.29 is 27.1 Å². The third kappa shape index (κ3) is 6.30. The molecule has 0 saturated heterocycles. The van der Waals surface area contributed by atoms with Gasteiger partial charge in [0.2, 0.25) is 0 Å². The number of rotatable bonds is 7. The Morgan fingerprint density at radius 1 is 1.32 bits per heavy atom. The predicted molar refractivity (Wildman–Crippen MR) is 74.3 cm³/mol. The number of hydrogen-bond donors (Lipinski definition) is 2. The molecule has 22 heavy (non-hydrogen) atoms. The Kier molecular flexibility index (Phi) is 6.61. The van der Waals surface area contributed by atoms with Crippen molar-refractivity contribution in [2.45, 2.75) is 38.9 Å². The van der Waals surface area contributed by atoms with E-state index in [0.717, 1.165) is 5.56 Å². The monoisotopic (exact) mass is 322 g/mol. The second-order valence-corrected chi connectivity index (χ2v) is 4.93. The van der Waals surface area contributed by atoms with E-state index in [1.54, 1.807) is 29.6 Å². The lowest BCUT2D eigenvalue weighted by Crippen LogP contribution is -2.42. The smallest absolute Gasteiger partial charge is 0.324 e. The van der Waals surface area contributed by atoms with Crippen LogP contribution in [0.1, 0.15) is 19.4 Å². The molecular formula is C14H18F4N2O2. The molecule has 1 rings (SSSR count). The van der Waals surface area contributed by atoms with Crippen molar-refractivity contribution in [3.63, 3.8) is 0 Å². The van der Waals surface area contributed by atoms with Crippen molar-refractivity contribution >= 4 is 11.7 Å². The van der Waals surface area contributed by atoms with Gasteiger partial charge in [0, 0.05) is 5.69 Å². The summed E-state index contributed by atoms with van der Waals surface area (Å²) in [5, 5.41) is 4.01. The summed E-state index contributed by atoms with van der Waals surface area (Å²) >= 11 is 0. The molecule has 8 heteroatoms. The Morgan fingerprint density at radius 2 is 2.00 bits per heavy atom. The number of alkyl halides is 4. The minimum Gasteiger partial charge on any atom is -0.374 e. The Morgan fingerprint density at radius 3 is 2.59 bits per heavy atom. The van der Waals surface area contributed by atoms with Gasteiger partial charge in [-0.2, -0.15) is 8.78 Å². The van der Waals surface area contributed by atoms with Crippen LogP contribution in [0.5, 0.6) is 0 Å². The summed E-state index contributed by atoms with van der Waals surface area (Å²) in [5.74, 6) is -4.26. The molecule has 2 N–H and O–H groups in total. The van der Waals surface area contributed by atoms with E-state index in [9.17, 15) is 22.4 Å². The molecule has 1 aromatic rings. The summed E-state index contributed by atoms with van der Waals surface area (Å²) in [7, 11) is 0. The first kappa shape index (κ1) is 18.2. The van der Waals surface area contributed by atoms with Gasteiger partial charge in [-0.15, -0.1) is 0 Å². The Bertz CT molecular complexity index is 495. The summed E-state index contributed by atoms with van der Waals surface area (Å²) in [6, 6.07) is 5.60. The molecule has 0 aromatic heterocycles. The van der Waals surface area contributed by atoms with Crippen LogP contribution >= 0.6 is 0 Å². The molecule has 0 aliphatic heterocycles. The van der Waals surface area contributed by atoms with Gasteiger partial charge in [0.05, 0.1) is 19.3 Å². The molecule has 124 valence electrons. The highest BCUT2D eigenvalue weighted by atomic mass is 19.3. The van der Waals surface area contributed by atoms with Crippen LogP contribution in [-0.2, 0) is 11.3 Å². The van der Waals surface area contributed by atoms with Crippen LogP contribution in [0.3, 0.4) is 0 Å². The fourth-order valence-electron chi connectivity index (χ4n) is 1.45. The van der Waals surface area contributed by atoms with Crippen LogP contribution in [0.2, 0.25) is 0 Å². The van der Waals surface area contributed by atoms with E-state index in [4.69, 9.17) is 4.74 Å². The zero-order chi connectivity index (χ0) is 16.8. The van der Waals surface area contributed by atoms with E-state index in [1.165, 1.54) is 0 Å². The summed E-state index contributed by atoms with van der Waals surface area (Å²) in [6.07, 6.45) is -3.79. The molecule has 0 bridgehead atoms. The second kappa shape index (κ2) is 7.98. The highest BCUT2D eigenvalue weighted by Crippen LogP contribution is 2.21. The number of ether oxygens (including phenoxy) is 1. The molecule has 0 fully saturated rings. The van der Waals surface area contributed by atoms with E-state index in [0.29, 0.717) is 12.3 Å². The molecule has 0 aliphatic rings. The van der Waals surface area contributed by atoms with Crippen LogP contribution < -0.4 is 10.6 Å². The molecule has 0 radical (unpaired) electrons. The highest BCUT2D eigenvalue weighted by Gasteiger charge is 2.40. The molecule has 4 nitrogen and oxygen atoms in total. The van der Waals surface area contributed by atoms with Gasteiger partial charge in [-0.1, -0.05) is 12.1 Å². The molecule has 2 amide bonds. The van der Waals surface area contributed by atoms with Crippen molar-refractivity contribution in [1.29, 1.82) is 0 Å². The first-order valence-electron chi connectivity index (χ1n) is 6.62. The molecular weight excluding hydrogens is 304 g/mol. The molecule has 1 aromatic carbocycles. The lowest BCUT2D eigenvalue weighted by molar-refractivity contribution is -0.123. The Balaban J connectivity index is 2.52. The van der Waals surface area contributed by atoms with Crippen molar-refractivity contribution in [2.75, 3.05) is 11.9 Å². The van der Waals surface area contributed by atoms with Crippen LogP contribution in [0.4, 0.5) is 28.0 Å². The lowest BCUT2D eigenvalue weighted by Gasteiger charge is -2.16. The molecule has 0 unspecified atom stereocenters. The molecule has 0 saturated carbocycles. The van der Waals surface area contributed by atoms with Gasteiger partial charge in [0.25, 0.3) is 0 Å². The number of hydrogen-bond acceptors (Lipinski definition) is 2. The maximum absolute atomic E-state index is 12.7. The number of urea groups is 1. The fourth-order valence-corrected chi connectivity index (χ4v) is 1.45. The SMILES string of the molecule is CC(C)OCc1cccc(NC(=O)NCC(F)(F)C(F)F)c1. The van der Waals surface area contributed by atoms with Gasteiger partial charge >= 0.3 is 18.4 Å². The first-order valence-corrected chi connectivity index (χ1v) is 6.62. The maximum Gasteiger partial charge on any atom is 0.324 e. The van der Waals surface area contributed by atoms with Gasteiger partial charge in [-0.25, -0.2) is 13.6 Å². The Hall–Kier alpha value is -1.83. The minimum atomic E-state index is -4.26. The van der Waals surface area contributed by atoms with E-state index < -0.39 is 24.9 Å². The van der Waals surface area contributed by atoms with Crippen LogP contribution in [0.25, 0.3) is 0 Å². The van der Waals surface area contributed by atoms with E-state index >= 15 is 0 Å². The number of benzene rings is 1. The lowest BCUT2D eigenvalue weighted by atomic mass is 10.2. The third-order valence-electron chi connectivity index (χ3n) is 2.57. The van der Waals surface area contributed by atoms with Gasteiger partial charge in [0.15, 0.2) is 0 Å². The van der Waals surface area contributed by atoms with E-state index in [1.807, 2.05) is 13.8 Å². The first-order chi connectivity index (χ1) is 10.2. The molecule has 0 spiro atoms. The number of carbonyl (C=O) groups excluding carboxylic acids is 1.